The van der Waals surface area contributed by atoms with Crippen molar-refractivity contribution in [1.82, 2.24) is 19.4 Å². The predicted molar refractivity (Wildman–Crippen MR) is 99.6 cm³/mol. The fourth-order valence-electron chi connectivity index (χ4n) is 3.83. The van der Waals surface area contributed by atoms with Gasteiger partial charge in [-0.25, -0.2) is 4.98 Å². The fraction of sp³-hybridized carbons (Fsp3) is 0.667. The lowest BCUT2D eigenvalue weighted by Gasteiger charge is -2.38. The summed E-state index contributed by atoms with van der Waals surface area (Å²) in [4.78, 5) is 45.6. The SMILES string of the molecule is Cc1cnc2n(c1=O)C[C@H](C(=O)N1CCN(C(=O)[C@H]3CCCO3)CC1)CS2. The number of thioether (sulfide) groups is 1. The number of amides is 2. The molecule has 9 heteroatoms. The van der Waals surface area contributed by atoms with Gasteiger partial charge in [-0.1, -0.05) is 11.8 Å². The number of aryl methyl sites for hydroxylation is 1. The zero-order valence-corrected chi connectivity index (χ0v) is 16.2. The summed E-state index contributed by atoms with van der Waals surface area (Å²) < 4.78 is 7.09. The Balaban J connectivity index is 1.36. The van der Waals surface area contributed by atoms with Crippen LogP contribution in [-0.2, 0) is 20.9 Å². The Morgan fingerprint density at radius 3 is 2.56 bits per heavy atom. The van der Waals surface area contributed by atoms with Crippen molar-refractivity contribution in [2.75, 3.05) is 38.5 Å². The van der Waals surface area contributed by atoms with Crippen LogP contribution in [0.25, 0.3) is 0 Å². The van der Waals surface area contributed by atoms with Gasteiger partial charge in [-0.3, -0.25) is 19.0 Å². The molecule has 4 heterocycles. The second kappa shape index (κ2) is 7.63. The molecule has 2 atom stereocenters. The highest BCUT2D eigenvalue weighted by Gasteiger charge is 2.34. The summed E-state index contributed by atoms with van der Waals surface area (Å²) in [6.07, 6.45) is 3.01. The summed E-state index contributed by atoms with van der Waals surface area (Å²) in [5.41, 5.74) is 0.519. The van der Waals surface area contributed by atoms with Gasteiger partial charge in [-0.2, -0.15) is 0 Å². The lowest BCUT2D eigenvalue weighted by molar-refractivity contribution is -0.147. The molecule has 4 rings (SSSR count). The normalized spacial score (nSPS) is 25.4. The molecule has 0 aromatic carbocycles. The first kappa shape index (κ1) is 18.5. The molecule has 8 nitrogen and oxygen atoms in total. The third kappa shape index (κ3) is 3.62. The van der Waals surface area contributed by atoms with Crippen LogP contribution in [0, 0.1) is 12.8 Å². The van der Waals surface area contributed by atoms with Crippen LogP contribution in [0.4, 0.5) is 0 Å². The standard InChI is InChI=1S/C18H24N4O4S/c1-12-9-19-18-22(15(12)23)10-13(11-27-18)16(24)20-4-6-21(7-5-20)17(25)14-3-2-8-26-14/h9,13-14H,2-8,10-11H2,1H3/t13-,14+/m0/s1. The Kier molecular flexibility index (Phi) is 5.23. The van der Waals surface area contributed by atoms with Crippen LogP contribution < -0.4 is 5.56 Å². The van der Waals surface area contributed by atoms with Crippen LogP contribution in [0.5, 0.6) is 0 Å². The highest BCUT2D eigenvalue weighted by Crippen LogP contribution is 2.26. The predicted octanol–water partition coefficient (Wildman–Crippen LogP) is 0.123. The molecule has 0 radical (unpaired) electrons. The molecule has 0 aliphatic carbocycles. The monoisotopic (exact) mass is 392 g/mol. The molecule has 1 aromatic rings. The molecule has 0 saturated carbocycles. The van der Waals surface area contributed by atoms with Gasteiger partial charge in [0.15, 0.2) is 5.16 Å². The molecular formula is C18H24N4O4S. The Labute approximate surface area is 161 Å². The van der Waals surface area contributed by atoms with E-state index in [1.807, 2.05) is 9.80 Å². The van der Waals surface area contributed by atoms with E-state index in [1.165, 1.54) is 11.8 Å². The van der Waals surface area contributed by atoms with Gasteiger partial charge in [-0.05, 0) is 19.8 Å². The van der Waals surface area contributed by atoms with Gasteiger partial charge in [0.05, 0.1) is 5.92 Å². The van der Waals surface area contributed by atoms with E-state index >= 15 is 0 Å². The van der Waals surface area contributed by atoms with Crippen LogP contribution in [0.15, 0.2) is 16.1 Å². The maximum Gasteiger partial charge on any atom is 0.257 e. The number of fused-ring (bicyclic) bond motifs is 1. The van der Waals surface area contributed by atoms with Crippen molar-refractivity contribution in [1.29, 1.82) is 0 Å². The van der Waals surface area contributed by atoms with Crippen LogP contribution in [0.1, 0.15) is 18.4 Å². The molecule has 27 heavy (non-hydrogen) atoms. The Morgan fingerprint density at radius 1 is 1.19 bits per heavy atom. The van der Waals surface area contributed by atoms with Crippen molar-refractivity contribution in [2.45, 2.75) is 37.6 Å². The van der Waals surface area contributed by atoms with Crippen LogP contribution in [-0.4, -0.2) is 75.8 Å². The minimum Gasteiger partial charge on any atom is -0.368 e. The van der Waals surface area contributed by atoms with E-state index in [0.29, 0.717) is 55.8 Å². The average molecular weight is 392 g/mol. The number of ether oxygens (including phenoxy) is 1. The number of aromatic nitrogens is 2. The molecule has 3 aliphatic rings. The van der Waals surface area contributed by atoms with Gasteiger partial charge in [0, 0.05) is 56.8 Å². The molecule has 0 spiro atoms. The molecule has 0 bridgehead atoms. The Hall–Kier alpha value is -1.87. The maximum atomic E-state index is 12.9. The first-order valence-electron chi connectivity index (χ1n) is 9.43. The highest BCUT2D eigenvalue weighted by atomic mass is 32.2. The minimum atomic E-state index is -0.305. The van der Waals surface area contributed by atoms with E-state index in [-0.39, 0.29) is 29.4 Å². The van der Waals surface area contributed by atoms with Gasteiger partial charge in [0.1, 0.15) is 6.10 Å². The third-order valence-electron chi connectivity index (χ3n) is 5.46. The fourth-order valence-corrected chi connectivity index (χ4v) is 4.87. The van der Waals surface area contributed by atoms with Crippen LogP contribution >= 0.6 is 11.8 Å². The van der Waals surface area contributed by atoms with Crippen LogP contribution in [0.2, 0.25) is 0 Å². The molecule has 1 aromatic heterocycles. The number of rotatable bonds is 2. The summed E-state index contributed by atoms with van der Waals surface area (Å²) in [6, 6.07) is 0. The number of nitrogens with zero attached hydrogens (tertiary/aromatic N) is 4. The first-order chi connectivity index (χ1) is 13.0. The number of carbonyl (C=O) groups excluding carboxylic acids is 2. The summed E-state index contributed by atoms with van der Waals surface area (Å²) >= 11 is 1.46. The molecular weight excluding hydrogens is 368 g/mol. The molecule has 2 saturated heterocycles. The number of hydrogen-bond donors (Lipinski definition) is 0. The van der Waals surface area contributed by atoms with Crippen molar-refractivity contribution in [3.63, 3.8) is 0 Å². The number of hydrogen-bond acceptors (Lipinski definition) is 6. The maximum absolute atomic E-state index is 12.9. The molecule has 2 amide bonds. The second-order valence-electron chi connectivity index (χ2n) is 7.30. The number of piperazine rings is 1. The van der Waals surface area contributed by atoms with Gasteiger partial charge >= 0.3 is 0 Å². The van der Waals surface area contributed by atoms with E-state index in [4.69, 9.17) is 4.74 Å². The smallest absolute Gasteiger partial charge is 0.257 e. The molecule has 3 aliphatic heterocycles. The van der Waals surface area contributed by atoms with Crippen molar-refractivity contribution >= 4 is 23.6 Å². The molecule has 0 N–H and O–H groups in total. The molecule has 146 valence electrons. The van der Waals surface area contributed by atoms with Gasteiger partial charge < -0.3 is 14.5 Å². The van der Waals surface area contributed by atoms with E-state index < -0.39 is 0 Å². The van der Waals surface area contributed by atoms with Crippen LogP contribution in [0.3, 0.4) is 0 Å². The van der Waals surface area contributed by atoms with Crippen molar-refractivity contribution in [3.05, 3.63) is 22.1 Å². The van der Waals surface area contributed by atoms with Gasteiger partial charge in [0.2, 0.25) is 5.91 Å². The van der Waals surface area contributed by atoms with Crippen molar-refractivity contribution < 1.29 is 14.3 Å². The molecule has 0 unspecified atom stereocenters. The quantitative estimate of drug-likeness (QED) is 0.665. The summed E-state index contributed by atoms with van der Waals surface area (Å²) in [5.74, 6) is 0.508. The largest absolute Gasteiger partial charge is 0.368 e. The lowest BCUT2D eigenvalue weighted by Crippen LogP contribution is -2.54. The van der Waals surface area contributed by atoms with Gasteiger partial charge in [-0.15, -0.1) is 0 Å². The summed E-state index contributed by atoms with van der Waals surface area (Å²) in [5, 5.41) is 0.682. The van der Waals surface area contributed by atoms with Crippen molar-refractivity contribution in [3.8, 4) is 0 Å². The van der Waals surface area contributed by atoms with E-state index in [1.54, 1.807) is 17.7 Å². The third-order valence-corrected chi connectivity index (χ3v) is 6.61. The zero-order chi connectivity index (χ0) is 19.0. The first-order valence-corrected chi connectivity index (χ1v) is 10.4. The van der Waals surface area contributed by atoms with Crippen molar-refractivity contribution in [2.24, 2.45) is 5.92 Å². The average Bonchev–Trinajstić information content (AvgIpc) is 3.24. The lowest BCUT2D eigenvalue weighted by atomic mass is 10.1. The number of carbonyl (C=O) groups is 2. The summed E-state index contributed by atoms with van der Waals surface area (Å²) in [7, 11) is 0. The highest BCUT2D eigenvalue weighted by molar-refractivity contribution is 7.99. The Morgan fingerprint density at radius 2 is 1.89 bits per heavy atom. The zero-order valence-electron chi connectivity index (χ0n) is 15.4. The molecule has 2 fully saturated rings. The topological polar surface area (TPSA) is 84.7 Å². The van der Waals surface area contributed by atoms with E-state index in [0.717, 1.165) is 12.8 Å². The van der Waals surface area contributed by atoms with E-state index in [2.05, 4.69) is 4.98 Å². The minimum absolute atomic E-state index is 0.0508. The summed E-state index contributed by atoms with van der Waals surface area (Å²) in [6.45, 7) is 4.93. The Bertz CT molecular complexity index is 797. The van der Waals surface area contributed by atoms with E-state index in [9.17, 15) is 14.4 Å². The van der Waals surface area contributed by atoms with Gasteiger partial charge in [0.25, 0.3) is 11.5 Å². The second-order valence-corrected chi connectivity index (χ2v) is 8.29.